The Balaban J connectivity index is 1.47. The molecule has 1 amide bonds. The van der Waals surface area contributed by atoms with E-state index < -0.39 is 0 Å². The molecule has 0 saturated carbocycles. The highest BCUT2D eigenvalue weighted by molar-refractivity contribution is 6.03. The molecular formula is C21H18N4O3. The smallest absolute Gasteiger partial charge is 0.302 e. The number of pyridine rings is 1. The van der Waals surface area contributed by atoms with Gasteiger partial charge in [0.1, 0.15) is 11.3 Å². The predicted octanol–water partition coefficient (Wildman–Crippen LogP) is 4.10. The van der Waals surface area contributed by atoms with Gasteiger partial charge in [0.25, 0.3) is 5.91 Å². The number of carbonyl (C=O) groups excluding carboxylic acids is 1. The second kappa shape index (κ2) is 7.79. The van der Waals surface area contributed by atoms with Gasteiger partial charge < -0.3 is 14.5 Å². The molecule has 0 aliphatic rings. The molecule has 2 N–H and O–H groups in total. The first-order valence-electron chi connectivity index (χ1n) is 8.70. The zero-order chi connectivity index (χ0) is 19.3. The number of hydrogen-bond acceptors (Lipinski definition) is 6. The number of nitrogens with zero attached hydrogens (tertiary/aromatic N) is 2. The molecule has 0 atom stereocenters. The quantitative estimate of drug-likeness (QED) is 0.528. The van der Waals surface area contributed by atoms with Gasteiger partial charge in [0.15, 0.2) is 5.58 Å². The van der Waals surface area contributed by atoms with Crippen LogP contribution in [0, 0.1) is 0 Å². The van der Waals surface area contributed by atoms with E-state index in [0.717, 1.165) is 11.3 Å². The molecule has 7 nitrogen and oxygen atoms in total. The molecule has 4 rings (SSSR count). The second-order valence-electron chi connectivity index (χ2n) is 6.10. The van der Waals surface area contributed by atoms with Crippen LogP contribution in [0.1, 0.15) is 15.9 Å². The Labute approximate surface area is 161 Å². The van der Waals surface area contributed by atoms with E-state index in [-0.39, 0.29) is 11.9 Å². The summed E-state index contributed by atoms with van der Waals surface area (Å²) < 4.78 is 10.8. The number of fused-ring (bicyclic) bond motifs is 1. The summed E-state index contributed by atoms with van der Waals surface area (Å²) >= 11 is 0. The van der Waals surface area contributed by atoms with Crippen LogP contribution in [0.3, 0.4) is 0 Å². The molecule has 2 heterocycles. The molecule has 140 valence electrons. The van der Waals surface area contributed by atoms with Crippen LogP contribution in [0.4, 0.5) is 11.7 Å². The van der Waals surface area contributed by atoms with Gasteiger partial charge >= 0.3 is 6.01 Å². The number of nitrogens with one attached hydrogen (secondary N) is 2. The number of benzene rings is 2. The number of amides is 1. The van der Waals surface area contributed by atoms with Gasteiger partial charge in [0.2, 0.25) is 0 Å². The van der Waals surface area contributed by atoms with Crippen molar-refractivity contribution in [2.45, 2.75) is 6.54 Å². The molecule has 0 saturated heterocycles. The Morgan fingerprint density at radius 1 is 1.14 bits per heavy atom. The molecule has 0 fully saturated rings. The average Bonchev–Trinajstić information content (AvgIpc) is 3.14. The van der Waals surface area contributed by atoms with Crippen LogP contribution < -0.4 is 15.4 Å². The van der Waals surface area contributed by atoms with Gasteiger partial charge in [-0.1, -0.05) is 12.1 Å². The van der Waals surface area contributed by atoms with Gasteiger partial charge in [-0.2, -0.15) is 4.98 Å². The fraction of sp³-hybridized carbons (Fsp3) is 0.0952. The predicted molar refractivity (Wildman–Crippen MR) is 107 cm³/mol. The van der Waals surface area contributed by atoms with Crippen molar-refractivity contribution in [3.8, 4) is 5.75 Å². The number of aromatic nitrogens is 2. The Hall–Kier alpha value is -3.87. The van der Waals surface area contributed by atoms with Crippen LogP contribution in [0.2, 0.25) is 0 Å². The van der Waals surface area contributed by atoms with E-state index in [0.29, 0.717) is 29.0 Å². The molecule has 0 spiro atoms. The Morgan fingerprint density at radius 3 is 2.89 bits per heavy atom. The van der Waals surface area contributed by atoms with E-state index in [9.17, 15) is 4.79 Å². The van der Waals surface area contributed by atoms with Crippen molar-refractivity contribution in [3.05, 3.63) is 78.1 Å². The molecule has 2 aromatic heterocycles. The standard InChI is InChI=1S/C21H18N4O3/c1-27-17-6-2-5-15(10-17)20(26)25-21-24-18-11-16(7-8-19(18)28-21)23-13-14-4-3-9-22-12-14/h2-12,23H,13H2,1H3,(H,24,25,26). The van der Waals surface area contributed by atoms with Crippen LogP contribution in [-0.4, -0.2) is 23.0 Å². The van der Waals surface area contributed by atoms with Crippen molar-refractivity contribution in [3.63, 3.8) is 0 Å². The van der Waals surface area contributed by atoms with Crippen LogP contribution in [0.25, 0.3) is 11.1 Å². The maximum atomic E-state index is 12.4. The van der Waals surface area contributed by atoms with Crippen molar-refractivity contribution in [2.24, 2.45) is 0 Å². The summed E-state index contributed by atoms with van der Waals surface area (Å²) in [7, 11) is 1.55. The summed E-state index contributed by atoms with van der Waals surface area (Å²) in [5, 5.41) is 5.99. The normalized spacial score (nSPS) is 10.6. The highest BCUT2D eigenvalue weighted by Gasteiger charge is 2.12. The molecule has 0 unspecified atom stereocenters. The minimum absolute atomic E-state index is 0.146. The SMILES string of the molecule is COc1cccc(C(=O)Nc2nc3cc(NCc4cccnc4)ccc3o2)c1. The fourth-order valence-corrected chi connectivity index (χ4v) is 2.73. The monoisotopic (exact) mass is 374 g/mol. The molecule has 7 heteroatoms. The third-order valence-corrected chi connectivity index (χ3v) is 4.16. The molecule has 4 aromatic rings. The lowest BCUT2D eigenvalue weighted by atomic mass is 10.2. The number of oxazole rings is 1. The number of rotatable bonds is 6. The maximum absolute atomic E-state index is 12.4. The highest BCUT2D eigenvalue weighted by atomic mass is 16.5. The number of methoxy groups -OCH3 is 1. The average molecular weight is 374 g/mol. The Morgan fingerprint density at radius 2 is 2.07 bits per heavy atom. The summed E-state index contributed by atoms with van der Waals surface area (Å²) in [6.45, 7) is 0.649. The maximum Gasteiger partial charge on any atom is 0.302 e. The van der Waals surface area contributed by atoms with Crippen LogP contribution in [-0.2, 0) is 6.54 Å². The molecule has 2 aromatic carbocycles. The third-order valence-electron chi connectivity index (χ3n) is 4.16. The largest absolute Gasteiger partial charge is 0.497 e. The molecular weight excluding hydrogens is 356 g/mol. The minimum atomic E-state index is -0.319. The highest BCUT2D eigenvalue weighted by Crippen LogP contribution is 2.23. The molecule has 0 bridgehead atoms. The van der Waals surface area contributed by atoms with Gasteiger partial charge in [-0.15, -0.1) is 0 Å². The Kier molecular flexibility index (Phi) is 4.88. The van der Waals surface area contributed by atoms with Crippen molar-refractivity contribution in [2.75, 3.05) is 17.7 Å². The lowest BCUT2D eigenvalue weighted by Crippen LogP contribution is -2.12. The summed E-state index contributed by atoms with van der Waals surface area (Å²) in [4.78, 5) is 20.9. The van der Waals surface area contributed by atoms with E-state index >= 15 is 0 Å². The fourth-order valence-electron chi connectivity index (χ4n) is 2.73. The third kappa shape index (κ3) is 3.93. The van der Waals surface area contributed by atoms with E-state index in [4.69, 9.17) is 9.15 Å². The first kappa shape index (κ1) is 17.5. The van der Waals surface area contributed by atoms with Crippen molar-refractivity contribution >= 4 is 28.7 Å². The number of ether oxygens (including phenoxy) is 1. The zero-order valence-corrected chi connectivity index (χ0v) is 15.2. The molecule has 28 heavy (non-hydrogen) atoms. The van der Waals surface area contributed by atoms with E-state index in [1.54, 1.807) is 37.6 Å². The van der Waals surface area contributed by atoms with E-state index in [2.05, 4.69) is 20.6 Å². The zero-order valence-electron chi connectivity index (χ0n) is 15.2. The van der Waals surface area contributed by atoms with Gasteiger partial charge in [0, 0.05) is 30.2 Å². The van der Waals surface area contributed by atoms with Crippen molar-refractivity contribution in [1.82, 2.24) is 9.97 Å². The molecule has 0 aliphatic carbocycles. The van der Waals surface area contributed by atoms with Crippen molar-refractivity contribution in [1.29, 1.82) is 0 Å². The number of anilines is 2. The van der Waals surface area contributed by atoms with Crippen LogP contribution in [0.15, 0.2) is 71.4 Å². The number of carbonyl (C=O) groups is 1. The van der Waals surface area contributed by atoms with Gasteiger partial charge in [0.05, 0.1) is 7.11 Å². The first-order valence-corrected chi connectivity index (χ1v) is 8.70. The summed E-state index contributed by atoms with van der Waals surface area (Å²) in [6.07, 6.45) is 3.56. The van der Waals surface area contributed by atoms with Crippen molar-refractivity contribution < 1.29 is 13.9 Å². The van der Waals surface area contributed by atoms with Crippen LogP contribution >= 0.6 is 0 Å². The topological polar surface area (TPSA) is 89.3 Å². The van der Waals surface area contributed by atoms with Crippen LogP contribution in [0.5, 0.6) is 5.75 Å². The first-order chi connectivity index (χ1) is 13.7. The Bertz CT molecular complexity index is 1110. The minimum Gasteiger partial charge on any atom is -0.497 e. The molecule has 0 aliphatic heterocycles. The number of hydrogen-bond donors (Lipinski definition) is 2. The van der Waals surface area contributed by atoms with Gasteiger partial charge in [-0.25, -0.2) is 0 Å². The summed E-state index contributed by atoms with van der Waals surface area (Å²) in [5.41, 5.74) is 3.68. The van der Waals surface area contributed by atoms with Gasteiger partial charge in [-0.05, 0) is 48.0 Å². The summed E-state index contributed by atoms with van der Waals surface area (Å²) in [6, 6.07) is 16.5. The van der Waals surface area contributed by atoms with E-state index in [1.165, 1.54) is 0 Å². The molecule has 0 radical (unpaired) electrons. The lowest BCUT2D eigenvalue weighted by molar-refractivity contribution is 0.102. The summed E-state index contributed by atoms with van der Waals surface area (Å²) in [5.74, 6) is 0.287. The second-order valence-corrected chi connectivity index (χ2v) is 6.10. The van der Waals surface area contributed by atoms with E-state index in [1.807, 2.05) is 36.5 Å². The lowest BCUT2D eigenvalue weighted by Gasteiger charge is -2.05. The van der Waals surface area contributed by atoms with Gasteiger partial charge in [-0.3, -0.25) is 15.1 Å².